The van der Waals surface area contributed by atoms with Gasteiger partial charge in [0.2, 0.25) is 17.7 Å². The third kappa shape index (κ3) is 9.72. The summed E-state index contributed by atoms with van der Waals surface area (Å²) in [5.41, 5.74) is 0.198. The highest BCUT2D eigenvalue weighted by atomic mass is 16.3. The van der Waals surface area contributed by atoms with Gasteiger partial charge < -0.3 is 31.3 Å². The first-order valence-electron chi connectivity index (χ1n) is 18.7. The lowest BCUT2D eigenvalue weighted by Gasteiger charge is -2.38. The molecule has 13 nitrogen and oxygen atoms in total. The molecule has 1 aromatic heterocycles. The van der Waals surface area contributed by atoms with Crippen molar-refractivity contribution in [3.05, 3.63) is 60.2 Å². The Labute approximate surface area is 307 Å². The van der Waals surface area contributed by atoms with E-state index < -0.39 is 59.3 Å². The Kier molecular flexibility index (Phi) is 13.9. The summed E-state index contributed by atoms with van der Waals surface area (Å²) >= 11 is 0. The topological polar surface area (TPSA) is 183 Å². The summed E-state index contributed by atoms with van der Waals surface area (Å²) in [4.78, 5) is 78.6. The van der Waals surface area contributed by atoms with E-state index >= 15 is 0 Å². The average Bonchev–Trinajstić information content (AvgIpc) is 3.73. The van der Waals surface area contributed by atoms with Gasteiger partial charge in [-0.3, -0.25) is 29.0 Å². The number of aliphatic hydroxyl groups is 1. The zero-order valence-electron chi connectivity index (χ0n) is 31.6. The second-order valence-corrected chi connectivity index (χ2v) is 15.5. The number of aromatic nitrogens is 2. The van der Waals surface area contributed by atoms with E-state index in [2.05, 4.69) is 31.2 Å². The predicted molar refractivity (Wildman–Crippen MR) is 196 cm³/mol. The van der Waals surface area contributed by atoms with Crippen molar-refractivity contribution in [2.75, 3.05) is 6.54 Å². The number of hydrogen-bond donors (Lipinski definition) is 5. The second-order valence-electron chi connectivity index (χ2n) is 15.5. The first kappa shape index (κ1) is 40.4. The van der Waals surface area contributed by atoms with E-state index in [4.69, 9.17) is 0 Å². The van der Waals surface area contributed by atoms with E-state index in [9.17, 15) is 29.1 Å². The van der Waals surface area contributed by atoms with Crippen LogP contribution >= 0.6 is 0 Å². The van der Waals surface area contributed by atoms with Crippen molar-refractivity contribution >= 4 is 29.5 Å². The summed E-state index contributed by atoms with van der Waals surface area (Å²) in [6.45, 7) is 13.4. The van der Waals surface area contributed by atoms with Crippen LogP contribution in [0.3, 0.4) is 0 Å². The standard InChI is InChI=1S/C39H57N7O6/c1-8-14-28(32(47)37(51)42-24(4)25-15-11-10-12-16-25)43-36(50)31-27-18-13-17-26(27)22-46(31)38(52)33(39(5,6)7)45-35(49)30(23(3)9-2)44-34(48)29-21-40-19-20-41-29/h10-12,15-16,19-21,23-24,26-28,30-33,47H,8-9,13-14,17-18,22H2,1-7H3,(H,42,51)(H,43,50)(H,44,48)(H,45,49)/t23?,24-,26-,27-,28-,30-,31-,32?,33+/m0/s1. The zero-order chi connectivity index (χ0) is 38.2. The van der Waals surface area contributed by atoms with E-state index in [1.807, 2.05) is 78.8 Å². The van der Waals surface area contributed by atoms with Crippen LogP contribution in [-0.4, -0.2) is 86.3 Å². The zero-order valence-corrected chi connectivity index (χ0v) is 31.6. The number of carbonyl (C=O) groups excluding carboxylic acids is 5. The van der Waals surface area contributed by atoms with Gasteiger partial charge in [0, 0.05) is 18.9 Å². The Morgan fingerprint density at radius 1 is 0.942 bits per heavy atom. The van der Waals surface area contributed by atoms with Gasteiger partial charge in [-0.05, 0) is 54.9 Å². The number of amides is 5. The Balaban J connectivity index is 1.53. The second kappa shape index (κ2) is 17.9. The number of nitrogens with zero attached hydrogens (tertiary/aromatic N) is 3. The molecule has 5 N–H and O–H groups in total. The molecular formula is C39H57N7O6. The van der Waals surface area contributed by atoms with Crippen LogP contribution in [0.2, 0.25) is 0 Å². The van der Waals surface area contributed by atoms with Crippen LogP contribution in [0, 0.1) is 23.2 Å². The van der Waals surface area contributed by atoms with Gasteiger partial charge in [0.15, 0.2) is 6.10 Å². The van der Waals surface area contributed by atoms with Gasteiger partial charge in [0.25, 0.3) is 11.8 Å². The number of rotatable bonds is 15. The molecular weight excluding hydrogens is 662 g/mol. The summed E-state index contributed by atoms with van der Waals surface area (Å²) in [5, 5.41) is 22.8. The fraction of sp³-hybridized carbons (Fsp3) is 0.615. The number of hydrogen-bond acceptors (Lipinski definition) is 8. The van der Waals surface area contributed by atoms with Crippen molar-refractivity contribution in [3.8, 4) is 0 Å². The number of likely N-dealkylation sites (tertiary alicyclic amines) is 1. The number of carbonyl (C=O) groups is 5. The lowest BCUT2D eigenvalue weighted by Crippen LogP contribution is -2.62. The van der Waals surface area contributed by atoms with Gasteiger partial charge in [-0.25, -0.2) is 4.98 Å². The molecule has 4 rings (SSSR count). The normalized spacial score (nSPS) is 21.8. The number of aliphatic hydroxyl groups excluding tert-OH is 1. The van der Waals surface area contributed by atoms with Crippen LogP contribution in [-0.2, 0) is 19.2 Å². The lowest BCUT2D eigenvalue weighted by molar-refractivity contribution is -0.146. The minimum atomic E-state index is -1.50. The van der Waals surface area contributed by atoms with E-state index in [1.54, 1.807) is 4.90 Å². The predicted octanol–water partition coefficient (Wildman–Crippen LogP) is 3.30. The Morgan fingerprint density at radius 2 is 1.65 bits per heavy atom. The van der Waals surface area contributed by atoms with Crippen LogP contribution in [0.15, 0.2) is 48.9 Å². The molecule has 284 valence electrons. The molecule has 0 radical (unpaired) electrons. The van der Waals surface area contributed by atoms with Crippen LogP contribution in [0.1, 0.15) is 109 Å². The quantitative estimate of drug-likeness (QED) is 0.186. The fourth-order valence-electron chi connectivity index (χ4n) is 7.44. The molecule has 2 aliphatic rings. The fourth-order valence-corrected chi connectivity index (χ4v) is 7.44. The van der Waals surface area contributed by atoms with E-state index in [0.717, 1.165) is 24.8 Å². The van der Waals surface area contributed by atoms with E-state index in [1.165, 1.54) is 18.6 Å². The first-order chi connectivity index (χ1) is 24.7. The Hall–Kier alpha value is -4.39. The molecule has 2 aromatic rings. The average molecular weight is 720 g/mol. The minimum absolute atomic E-state index is 0.0687. The molecule has 52 heavy (non-hydrogen) atoms. The molecule has 1 aliphatic carbocycles. The molecule has 0 bridgehead atoms. The van der Waals surface area contributed by atoms with Gasteiger partial charge in [-0.1, -0.05) is 91.1 Å². The third-order valence-corrected chi connectivity index (χ3v) is 10.7. The van der Waals surface area contributed by atoms with Crippen LogP contribution in [0.4, 0.5) is 0 Å². The molecule has 5 amide bonds. The summed E-state index contributed by atoms with van der Waals surface area (Å²) in [7, 11) is 0. The van der Waals surface area contributed by atoms with Crippen molar-refractivity contribution in [3.63, 3.8) is 0 Å². The number of benzene rings is 1. The molecule has 9 atom stereocenters. The maximum atomic E-state index is 14.6. The van der Waals surface area contributed by atoms with Crippen molar-refractivity contribution in [2.24, 2.45) is 23.2 Å². The minimum Gasteiger partial charge on any atom is -0.381 e. The molecule has 1 saturated heterocycles. The van der Waals surface area contributed by atoms with E-state index in [-0.39, 0.29) is 35.4 Å². The van der Waals surface area contributed by atoms with Gasteiger partial charge in [0.05, 0.1) is 18.3 Å². The summed E-state index contributed by atoms with van der Waals surface area (Å²) in [6, 6.07) is 5.38. The van der Waals surface area contributed by atoms with Crippen molar-refractivity contribution in [2.45, 2.75) is 123 Å². The van der Waals surface area contributed by atoms with Crippen molar-refractivity contribution in [1.29, 1.82) is 0 Å². The summed E-state index contributed by atoms with van der Waals surface area (Å²) in [6.07, 6.45) is 6.77. The van der Waals surface area contributed by atoms with E-state index in [0.29, 0.717) is 25.8 Å². The number of fused-ring (bicyclic) bond motifs is 1. The van der Waals surface area contributed by atoms with Crippen molar-refractivity contribution in [1.82, 2.24) is 36.1 Å². The molecule has 2 fully saturated rings. The van der Waals surface area contributed by atoms with Crippen molar-refractivity contribution < 1.29 is 29.1 Å². The smallest absolute Gasteiger partial charge is 0.272 e. The highest BCUT2D eigenvalue weighted by molar-refractivity contribution is 5.98. The molecule has 1 aromatic carbocycles. The lowest BCUT2D eigenvalue weighted by atomic mass is 9.84. The molecule has 0 spiro atoms. The Bertz CT molecular complexity index is 1530. The molecule has 1 saturated carbocycles. The molecule has 13 heteroatoms. The summed E-state index contributed by atoms with van der Waals surface area (Å²) in [5.74, 6) is -2.71. The van der Waals surface area contributed by atoms with Crippen LogP contribution < -0.4 is 21.3 Å². The van der Waals surface area contributed by atoms with Gasteiger partial charge in [0.1, 0.15) is 23.8 Å². The highest BCUT2D eigenvalue weighted by Crippen LogP contribution is 2.43. The highest BCUT2D eigenvalue weighted by Gasteiger charge is 2.52. The summed E-state index contributed by atoms with van der Waals surface area (Å²) < 4.78 is 0. The van der Waals surface area contributed by atoms with Crippen LogP contribution in [0.25, 0.3) is 0 Å². The SMILES string of the molecule is CCC[C@H](NC(=O)[C@@H]1[C@H]2CCC[C@H]2CN1C(=O)[C@@H](NC(=O)[C@@H](NC(=O)c1cnccn1)C(C)CC)C(C)(C)C)C(O)C(=O)N[C@@H](C)c1ccccc1. The largest absolute Gasteiger partial charge is 0.381 e. The van der Waals surface area contributed by atoms with Crippen LogP contribution in [0.5, 0.6) is 0 Å². The first-order valence-corrected chi connectivity index (χ1v) is 18.7. The van der Waals surface area contributed by atoms with Gasteiger partial charge in [-0.2, -0.15) is 0 Å². The third-order valence-electron chi connectivity index (χ3n) is 10.7. The molecule has 2 unspecified atom stereocenters. The maximum absolute atomic E-state index is 14.6. The molecule has 1 aliphatic heterocycles. The maximum Gasteiger partial charge on any atom is 0.272 e. The van der Waals surface area contributed by atoms with Gasteiger partial charge >= 0.3 is 0 Å². The monoisotopic (exact) mass is 719 g/mol. The molecule has 2 heterocycles. The number of nitrogens with one attached hydrogen (secondary N) is 4. The van der Waals surface area contributed by atoms with Gasteiger partial charge in [-0.15, -0.1) is 0 Å². The Morgan fingerprint density at radius 3 is 2.27 bits per heavy atom.